The third kappa shape index (κ3) is 8.13. The Labute approximate surface area is 203 Å². The van der Waals surface area contributed by atoms with Crippen molar-refractivity contribution in [3.63, 3.8) is 0 Å². The minimum Gasteiger partial charge on any atom is -0.326 e. The Morgan fingerprint density at radius 1 is 1.09 bits per heavy atom. The van der Waals surface area contributed by atoms with Crippen molar-refractivity contribution in [2.24, 2.45) is 5.92 Å². The molecule has 2 aromatic carbocycles. The highest BCUT2D eigenvalue weighted by atomic mass is 35.5. The van der Waals surface area contributed by atoms with E-state index in [0.717, 1.165) is 43.1 Å². The average Bonchev–Trinajstić information content (AvgIpc) is 2.76. The number of nitrogens with one attached hydrogen (secondary N) is 1. The van der Waals surface area contributed by atoms with E-state index in [1.807, 2.05) is 18.2 Å². The average molecular weight is 491 g/mol. The van der Waals surface area contributed by atoms with Crippen LogP contribution in [0.3, 0.4) is 0 Å². The maximum Gasteiger partial charge on any atom is 0.228 e. The molecule has 0 heterocycles. The van der Waals surface area contributed by atoms with Crippen LogP contribution in [0.2, 0.25) is 5.02 Å². The molecule has 0 bridgehead atoms. The van der Waals surface area contributed by atoms with Crippen LogP contribution in [0.25, 0.3) is 0 Å². The van der Waals surface area contributed by atoms with Gasteiger partial charge in [-0.25, -0.2) is 8.42 Å². The molecule has 1 amide bonds. The summed E-state index contributed by atoms with van der Waals surface area (Å²) >= 11 is 6.59. The molecule has 0 radical (unpaired) electrons. The van der Waals surface area contributed by atoms with Crippen LogP contribution in [0.1, 0.15) is 56.6 Å². The van der Waals surface area contributed by atoms with E-state index in [1.54, 1.807) is 12.1 Å². The highest BCUT2D eigenvalue weighted by Crippen LogP contribution is 2.27. The lowest BCUT2D eigenvalue weighted by atomic mass is 9.89. The molecule has 0 saturated heterocycles. The highest BCUT2D eigenvalue weighted by molar-refractivity contribution is 7.90. The topological polar surface area (TPSA) is 66.5 Å². The first-order valence-corrected chi connectivity index (χ1v) is 14.1. The van der Waals surface area contributed by atoms with E-state index < -0.39 is 9.84 Å². The minimum absolute atomic E-state index is 0.162. The molecule has 1 N–H and O–H groups in total. The summed E-state index contributed by atoms with van der Waals surface area (Å²) < 4.78 is 23.2. The first-order chi connectivity index (χ1) is 15.7. The van der Waals surface area contributed by atoms with Gasteiger partial charge in [-0.2, -0.15) is 0 Å². The molecule has 180 valence electrons. The number of anilines is 1. The van der Waals surface area contributed by atoms with Gasteiger partial charge in [0.05, 0.1) is 11.3 Å². The van der Waals surface area contributed by atoms with Crippen molar-refractivity contribution in [1.82, 2.24) is 4.90 Å². The lowest BCUT2D eigenvalue weighted by molar-refractivity contribution is -0.115. The zero-order valence-electron chi connectivity index (χ0n) is 19.6. The van der Waals surface area contributed by atoms with E-state index in [4.69, 9.17) is 11.6 Å². The number of hydrogen-bond donors (Lipinski definition) is 1. The van der Waals surface area contributed by atoms with Gasteiger partial charge >= 0.3 is 0 Å². The number of halogens is 1. The van der Waals surface area contributed by atoms with Gasteiger partial charge in [0, 0.05) is 30.1 Å². The Morgan fingerprint density at radius 3 is 2.39 bits per heavy atom. The molecule has 7 heteroatoms. The van der Waals surface area contributed by atoms with Crippen molar-refractivity contribution in [3.05, 3.63) is 58.6 Å². The van der Waals surface area contributed by atoms with Crippen LogP contribution >= 0.6 is 11.6 Å². The lowest BCUT2D eigenvalue weighted by Crippen LogP contribution is -2.31. The number of sulfone groups is 1. The molecule has 1 aliphatic carbocycles. The zero-order chi connectivity index (χ0) is 23.8. The Balaban J connectivity index is 1.57. The third-order valence-electron chi connectivity index (χ3n) is 6.23. The monoisotopic (exact) mass is 490 g/mol. The van der Waals surface area contributed by atoms with Crippen molar-refractivity contribution in [2.75, 3.05) is 24.7 Å². The van der Waals surface area contributed by atoms with Crippen molar-refractivity contribution in [1.29, 1.82) is 0 Å². The predicted molar refractivity (Wildman–Crippen MR) is 135 cm³/mol. The van der Waals surface area contributed by atoms with Crippen LogP contribution in [0, 0.1) is 5.92 Å². The summed E-state index contributed by atoms with van der Waals surface area (Å²) in [7, 11) is -3.25. The van der Waals surface area contributed by atoms with Gasteiger partial charge < -0.3 is 5.32 Å². The Bertz CT molecular complexity index is 1030. The normalized spacial score (nSPS) is 15.0. The largest absolute Gasteiger partial charge is 0.326 e. The van der Waals surface area contributed by atoms with Crippen LogP contribution in [0.15, 0.2) is 47.4 Å². The molecule has 0 aromatic heterocycles. The molecule has 3 rings (SSSR count). The van der Waals surface area contributed by atoms with E-state index in [1.165, 1.54) is 50.5 Å². The first-order valence-electron chi connectivity index (χ1n) is 11.8. The molecular weight excluding hydrogens is 456 g/mol. The number of nitrogens with zero attached hydrogens (tertiary/aromatic N) is 1. The van der Waals surface area contributed by atoms with Crippen molar-refractivity contribution < 1.29 is 13.2 Å². The Morgan fingerprint density at radius 2 is 1.79 bits per heavy atom. The quantitative estimate of drug-likeness (QED) is 0.462. The van der Waals surface area contributed by atoms with Crippen LogP contribution in [0.4, 0.5) is 5.69 Å². The number of rotatable bonds is 10. The van der Waals surface area contributed by atoms with E-state index in [0.29, 0.717) is 10.7 Å². The fourth-order valence-corrected chi connectivity index (χ4v) is 5.40. The molecule has 0 aliphatic heterocycles. The first kappa shape index (κ1) is 25.7. The van der Waals surface area contributed by atoms with E-state index in [-0.39, 0.29) is 17.2 Å². The van der Waals surface area contributed by atoms with Gasteiger partial charge in [-0.15, -0.1) is 0 Å². The summed E-state index contributed by atoms with van der Waals surface area (Å²) in [4.78, 5) is 15.2. The molecule has 0 atom stereocenters. The maximum absolute atomic E-state index is 12.5. The molecule has 1 fully saturated rings. The number of carbonyl (C=O) groups excluding carboxylic acids is 1. The summed E-state index contributed by atoms with van der Waals surface area (Å²) in [6, 6.07) is 12.1. The van der Waals surface area contributed by atoms with E-state index in [9.17, 15) is 13.2 Å². The van der Waals surface area contributed by atoms with Crippen LogP contribution in [-0.4, -0.2) is 38.6 Å². The second-order valence-corrected chi connectivity index (χ2v) is 11.6. The summed E-state index contributed by atoms with van der Waals surface area (Å²) in [5, 5.41) is 3.55. The molecule has 5 nitrogen and oxygen atoms in total. The van der Waals surface area contributed by atoms with Crippen molar-refractivity contribution >= 4 is 33.0 Å². The molecule has 2 aromatic rings. The number of amides is 1. The lowest BCUT2D eigenvalue weighted by Gasteiger charge is -2.30. The zero-order valence-corrected chi connectivity index (χ0v) is 21.2. The molecular formula is C26H35ClN2O3S. The van der Waals surface area contributed by atoms with Crippen LogP contribution < -0.4 is 5.32 Å². The number of carbonyl (C=O) groups is 1. The van der Waals surface area contributed by atoms with Gasteiger partial charge in [0.2, 0.25) is 5.91 Å². The minimum atomic E-state index is -3.25. The SMILES string of the molecule is CCCN(Cc1ccc(NC(=O)Cc2ccc(S(C)(=O)=O)cc2)cc1Cl)CC1CCCCC1. The van der Waals surface area contributed by atoms with E-state index in [2.05, 4.69) is 17.1 Å². The van der Waals surface area contributed by atoms with Gasteiger partial charge in [0.15, 0.2) is 9.84 Å². The van der Waals surface area contributed by atoms with Gasteiger partial charge in [-0.1, -0.05) is 56.0 Å². The molecule has 0 unspecified atom stereocenters. The standard InChI is InChI=1S/C26H35ClN2O3S/c1-3-15-29(18-21-7-5-4-6-8-21)19-22-11-12-23(17-25(22)27)28-26(30)16-20-9-13-24(14-10-20)33(2,31)32/h9-14,17,21H,3-8,15-16,18-19H2,1-2H3,(H,28,30). The molecule has 0 spiro atoms. The Hall–Kier alpha value is -1.89. The molecule has 33 heavy (non-hydrogen) atoms. The van der Waals surface area contributed by atoms with Gasteiger partial charge in [-0.3, -0.25) is 9.69 Å². The van der Waals surface area contributed by atoms with Crippen LogP contribution in [0.5, 0.6) is 0 Å². The fourth-order valence-electron chi connectivity index (χ4n) is 4.53. The maximum atomic E-state index is 12.5. The van der Waals surface area contributed by atoms with Crippen LogP contribution in [-0.2, 0) is 27.6 Å². The van der Waals surface area contributed by atoms with Gasteiger partial charge in [0.1, 0.15) is 0 Å². The number of benzene rings is 2. The smallest absolute Gasteiger partial charge is 0.228 e. The summed E-state index contributed by atoms with van der Waals surface area (Å²) in [5.41, 5.74) is 2.49. The van der Waals surface area contributed by atoms with E-state index >= 15 is 0 Å². The second-order valence-electron chi connectivity index (χ2n) is 9.19. The van der Waals surface area contributed by atoms with Crippen molar-refractivity contribution in [2.45, 2.75) is 63.3 Å². The molecule has 1 saturated carbocycles. The summed E-state index contributed by atoms with van der Waals surface area (Å²) in [5.74, 6) is 0.616. The predicted octanol–water partition coefficient (Wildman–Crippen LogP) is 5.72. The van der Waals surface area contributed by atoms with Crippen molar-refractivity contribution in [3.8, 4) is 0 Å². The highest BCUT2D eigenvalue weighted by Gasteiger charge is 2.18. The molecule has 1 aliphatic rings. The van der Waals surface area contributed by atoms with Gasteiger partial charge in [-0.05, 0) is 67.1 Å². The summed E-state index contributed by atoms with van der Waals surface area (Å²) in [6.45, 7) is 5.22. The fraction of sp³-hybridized carbons (Fsp3) is 0.500. The summed E-state index contributed by atoms with van der Waals surface area (Å²) in [6.07, 6.45) is 9.17. The Kier molecular flexibility index (Phi) is 9.36. The van der Waals surface area contributed by atoms with Gasteiger partial charge in [0.25, 0.3) is 0 Å². The second kappa shape index (κ2) is 12.0. The number of hydrogen-bond acceptors (Lipinski definition) is 4. The third-order valence-corrected chi connectivity index (χ3v) is 7.71.